The van der Waals surface area contributed by atoms with Gasteiger partial charge in [-0.25, -0.2) is 8.42 Å². The number of benzene rings is 2. The zero-order chi connectivity index (χ0) is 18.7. The lowest BCUT2D eigenvalue weighted by Crippen LogP contribution is -2.33. The molecule has 1 atom stereocenters. The van der Waals surface area contributed by atoms with Gasteiger partial charge in [0.2, 0.25) is 10.0 Å². The molecule has 0 saturated carbocycles. The zero-order valence-corrected chi connectivity index (χ0v) is 15.4. The molecule has 0 amide bonds. The lowest BCUT2D eigenvalue weighted by Gasteiger charge is -2.28. The molecule has 6 heteroatoms. The van der Waals surface area contributed by atoms with E-state index in [9.17, 15) is 8.42 Å². The minimum absolute atomic E-state index is 0.206. The average molecular weight is 365 g/mol. The smallest absolute Gasteiger partial charge is 0.245 e. The molecule has 1 unspecified atom stereocenters. The average Bonchev–Trinajstić information content (AvgIpc) is 2.67. The molecule has 1 aromatic heterocycles. The van der Waals surface area contributed by atoms with Gasteiger partial charge in [0, 0.05) is 24.2 Å². The van der Waals surface area contributed by atoms with E-state index >= 15 is 0 Å². The number of fused-ring (bicyclic) bond motifs is 1. The first-order chi connectivity index (χ1) is 12.5. The van der Waals surface area contributed by atoms with Crippen molar-refractivity contribution >= 4 is 20.9 Å². The number of para-hydroxylation sites is 1. The highest BCUT2D eigenvalue weighted by atomic mass is 32.2. The van der Waals surface area contributed by atoms with Gasteiger partial charge in [-0.2, -0.15) is 9.57 Å². The van der Waals surface area contributed by atoms with Crippen molar-refractivity contribution < 1.29 is 8.42 Å². The summed E-state index contributed by atoms with van der Waals surface area (Å²) in [5.41, 5.74) is 1.85. The van der Waals surface area contributed by atoms with Gasteiger partial charge in [-0.05, 0) is 36.8 Å². The van der Waals surface area contributed by atoms with Gasteiger partial charge in [0.1, 0.15) is 4.90 Å². The van der Waals surface area contributed by atoms with Crippen LogP contribution in [0.5, 0.6) is 0 Å². The molecular weight excluding hydrogens is 346 g/mol. The van der Waals surface area contributed by atoms with Crippen LogP contribution in [0.1, 0.15) is 31.0 Å². The van der Waals surface area contributed by atoms with E-state index < -0.39 is 10.0 Å². The number of rotatable bonds is 5. The predicted octanol–water partition coefficient (Wildman–Crippen LogP) is 3.88. The second-order valence-corrected chi connectivity index (χ2v) is 7.81. The number of pyridine rings is 1. The van der Waals surface area contributed by atoms with Crippen LogP contribution in [0.3, 0.4) is 0 Å². The third-order valence-electron chi connectivity index (χ3n) is 4.45. The summed E-state index contributed by atoms with van der Waals surface area (Å²) < 4.78 is 28.2. The third kappa shape index (κ3) is 3.19. The van der Waals surface area contributed by atoms with Gasteiger partial charge in [0.15, 0.2) is 0 Å². The van der Waals surface area contributed by atoms with Gasteiger partial charge >= 0.3 is 0 Å². The number of hydrogen-bond acceptors (Lipinski definition) is 4. The van der Waals surface area contributed by atoms with E-state index in [1.165, 1.54) is 4.31 Å². The van der Waals surface area contributed by atoms with Crippen molar-refractivity contribution in [2.75, 3.05) is 6.54 Å². The number of aromatic nitrogens is 1. The van der Waals surface area contributed by atoms with E-state index in [0.717, 1.165) is 10.9 Å². The Morgan fingerprint density at radius 1 is 1.12 bits per heavy atom. The molecule has 26 heavy (non-hydrogen) atoms. The maximum atomic E-state index is 13.3. The monoisotopic (exact) mass is 365 g/mol. The van der Waals surface area contributed by atoms with Gasteiger partial charge < -0.3 is 0 Å². The molecule has 0 bridgehead atoms. The largest absolute Gasteiger partial charge is 0.255 e. The van der Waals surface area contributed by atoms with E-state index in [1.807, 2.05) is 26.0 Å². The number of nitriles is 1. The number of hydrogen-bond donors (Lipinski definition) is 0. The Hall–Kier alpha value is -2.75. The highest BCUT2D eigenvalue weighted by molar-refractivity contribution is 7.89. The normalized spacial score (nSPS) is 12.8. The minimum atomic E-state index is -3.73. The Kier molecular flexibility index (Phi) is 5.03. The van der Waals surface area contributed by atoms with Crippen LogP contribution in [-0.2, 0) is 10.0 Å². The quantitative estimate of drug-likeness (QED) is 0.688. The van der Waals surface area contributed by atoms with Crippen LogP contribution in [0.2, 0.25) is 0 Å². The van der Waals surface area contributed by atoms with E-state index in [-0.39, 0.29) is 10.9 Å². The first-order valence-electron chi connectivity index (χ1n) is 8.34. The Morgan fingerprint density at radius 2 is 1.81 bits per heavy atom. The molecule has 1 heterocycles. The number of sulfonamides is 1. The molecule has 2 aromatic carbocycles. The molecule has 0 aliphatic carbocycles. The van der Waals surface area contributed by atoms with Crippen molar-refractivity contribution in [2.45, 2.75) is 24.8 Å². The minimum Gasteiger partial charge on any atom is -0.255 e. The molecule has 0 N–H and O–H groups in total. The van der Waals surface area contributed by atoms with Crippen LogP contribution >= 0.6 is 0 Å². The Morgan fingerprint density at radius 3 is 2.46 bits per heavy atom. The van der Waals surface area contributed by atoms with Crippen LogP contribution in [0.15, 0.2) is 65.7 Å². The lowest BCUT2D eigenvalue weighted by atomic mass is 10.1. The van der Waals surface area contributed by atoms with Crippen LogP contribution < -0.4 is 0 Å². The Bertz CT molecular complexity index is 1060. The molecule has 0 aliphatic rings. The fraction of sp³-hybridized carbons (Fsp3) is 0.200. The van der Waals surface area contributed by atoms with E-state index in [4.69, 9.17) is 5.26 Å². The van der Waals surface area contributed by atoms with Crippen molar-refractivity contribution in [1.82, 2.24) is 9.29 Å². The van der Waals surface area contributed by atoms with Crippen molar-refractivity contribution in [3.8, 4) is 6.07 Å². The van der Waals surface area contributed by atoms with Gasteiger partial charge in [-0.1, -0.05) is 37.3 Å². The van der Waals surface area contributed by atoms with Crippen molar-refractivity contribution in [3.63, 3.8) is 0 Å². The molecule has 0 saturated heterocycles. The van der Waals surface area contributed by atoms with Crippen LogP contribution in [0.25, 0.3) is 10.9 Å². The summed E-state index contributed by atoms with van der Waals surface area (Å²) in [6.45, 7) is 3.99. The summed E-state index contributed by atoms with van der Waals surface area (Å²) in [6, 6.07) is 17.5. The molecule has 0 fully saturated rings. The SMILES string of the molecule is CCN(C(C)c1ccc(C#N)cc1)S(=O)(=O)c1cccc2cccnc12. The molecule has 3 aromatic rings. The third-order valence-corrected chi connectivity index (χ3v) is 6.53. The first-order valence-corrected chi connectivity index (χ1v) is 9.78. The highest BCUT2D eigenvalue weighted by Crippen LogP contribution is 2.30. The van der Waals surface area contributed by atoms with Crippen LogP contribution in [0.4, 0.5) is 0 Å². The van der Waals surface area contributed by atoms with E-state index in [2.05, 4.69) is 11.1 Å². The lowest BCUT2D eigenvalue weighted by molar-refractivity contribution is 0.357. The summed E-state index contributed by atoms with van der Waals surface area (Å²) in [7, 11) is -3.73. The first kappa shape index (κ1) is 18.1. The molecule has 132 valence electrons. The zero-order valence-electron chi connectivity index (χ0n) is 14.6. The molecule has 0 spiro atoms. The van der Waals surface area contributed by atoms with E-state index in [0.29, 0.717) is 17.6 Å². The summed E-state index contributed by atoms with van der Waals surface area (Å²) >= 11 is 0. The summed E-state index contributed by atoms with van der Waals surface area (Å²) in [5.74, 6) is 0. The number of nitrogens with zero attached hydrogens (tertiary/aromatic N) is 3. The van der Waals surface area contributed by atoms with Gasteiger partial charge in [0.25, 0.3) is 0 Å². The van der Waals surface area contributed by atoms with Gasteiger partial charge in [0.05, 0.1) is 17.1 Å². The molecule has 5 nitrogen and oxygen atoms in total. The Labute approximate surface area is 153 Å². The van der Waals surface area contributed by atoms with Crippen LogP contribution in [0, 0.1) is 11.3 Å². The maximum Gasteiger partial charge on any atom is 0.245 e. The molecule has 3 rings (SSSR count). The van der Waals surface area contributed by atoms with E-state index in [1.54, 1.807) is 48.7 Å². The summed E-state index contributed by atoms with van der Waals surface area (Å²) in [5, 5.41) is 9.73. The fourth-order valence-corrected chi connectivity index (χ4v) is 4.86. The second kappa shape index (κ2) is 7.24. The van der Waals surface area contributed by atoms with Crippen molar-refractivity contribution in [2.24, 2.45) is 0 Å². The molecule has 0 aliphatic heterocycles. The predicted molar refractivity (Wildman–Crippen MR) is 101 cm³/mol. The highest BCUT2D eigenvalue weighted by Gasteiger charge is 2.30. The van der Waals surface area contributed by atoms with Gasteiger partial charge in [-0.3, -0.25) is 4.98 Å². The maximum absolute atomic E-state index is 13.3. The summed E-state index contributed by atoms with van der Waals surface area (Å²) in [6.07, 6.45) is 1.60. The molecular formula is C20H19N3O2S. The topological polar surface area (TPSA) is 74.1 Å². The van der Waals surface area contributed by atoms with Crippen molar-refractivity contribution in [3.05, 3.63) is 71.9 Å². The van der Waals surface area contributed by atoms with Gasteiger partial charge in [-0.15, -0.1) is 0 Å². The van der Waals surface area contributed by atoms with Crippen molar-refractivity contribution in [1.29, 1.82) is 5.26 Å². The fourth-order valence-electron chi connectivity index (χ4n) is 3.07. The molecule has 0 radical (unpaired) electrons. The standard InChI is InChI=1S/C20H19N3O2S/c1-3-23(15(2)17-11-9-16(14-21)10-12-17)26(24,25)19-8-4-6-18-7-5-13-22-20(18)19/h4-13,15H,3H2,1-2H3. The van der Waals surface area contributed by atoms with Crippen LogP contribution in [-0.4, -0.2) is 24.3 Å². The second-order valence-electron chi connectivity index (χ2n) is 5.95. The summed E-state index contributed by atoms with van der Waals surface area (Å²) in [4.78, 5) is 4.48. The Balaban J connectivity index is 2.06.